The summed E-state index contributed by atoms with van der Waals surface area (Å²) >= 11 is 5.88. The number of benzene rings is 1. The van der Waals surface area contributed by atoms with Gasteiger partial charge in [-0.15, -0.1) is 0 Å². The Labute approximate surface area is 128 Å². The summed E-state index contributed by atoms with van der Waals surface area (Å²) in [4.78, 5) is 14.4. The van der Waals surface area contributed by atoms with E-state index in [1.165, 1.54) is 0 Å². The van der Waals surface area contributed by atoms with Gasteiger partial charge >= 0.3 is 0 Å². The summed E-state index contributed by atoms with van der Waals surface area (Å²) < 4.78 is 0. The van der Waals surface area contributed by atoms with Gasteiger partial charge in [-0.3, -0.25) is 9.89 Å². The number of carbonyl (C=O) groups excluding carboxylic acids is 1. The largest absolute Gasteiger partial charge is 0.332 e. The minimum atomic E-state index is -0.00304. The van der Waals surface area contributed by atoms with E-state index < -0.39 is 0 Å². The van der Waals surface area contributed by atoms with E-state index in [0.29, 0.717) is 10.7 Å². The Morgan fingerprint density at radius 3 is 2.86 bits per heavy atom. The van der Waals surface area contributed by atoms with Crippen molar-refractivity contribution in [3.8, 4) is 11.3 Å². The molecule has 0 aliphatic carbocycles. The zero-order valence-corrected chi connectivity index (χ0v) is 12.5. The minimum absolute atomic E-state index is 0.00304. The summed E-state index contributed by atoms with van der Waals surface area (Å²) in [6.07, 6.45) is 0. The van der Waals surface area contributed by atoms with E-state index in [2.05, 4.69) is 15.5 Å². The summed E-state index contributed by atoms with van der Waals surface area (Å²) in [5.74, 6) is -0.00304. The molecule has 0 saturated carbocycles. The second-order valence-electron chi connectivity index (χ2n) is 5.23. The highest BCUT2D eigenvalue weighted by molar-refractivity contribution is 6.30. The Morgan fingerprint density at radius 1 is 1.38 bits per heavy atom. The molecule has 21 heavy (non-hydrogen) atoms. The second-order valence-corrected chi connectivity index (χ2v) is 5.66. The standard InChI is InChI=1S/C15H17ClN4O/c1-10-9-17-6-7-20(10)15(21)14-8-13(18-19-14)11-2-4-12(16)5-3-11/h2-5,8,10,17H,6-7,9H2,1H3,(H,18,19)/t10-/m0/s1. The molecule has 1 aromatic heterocycles. The summed E-state index contributed by atoms with van der Waals surface area (Å²) in [5, 5.41) is 11.0. The van der Waals surface area contributed by atoms with Crippen LogP contribution in [0.4, 0.5) is 0 Å². The summed E-state index contributed by atoms with van der Waals surface area (Å²) in [7, 11) is 0. The van der Waals surface area contributed by atoms with Crippen LogP contribution in [-0.2, 0) is 0 Å². The summed E-state index contributed by atoms with van der Waals surface area (Å²) in [5.41, 5.74) is 2.20. The van der Waals surface area contributed by atoms with E-state index in [0.717, 1.165) is 30.9 Å². The van der Waals surface area contributed by atoms with Crippen molar-refractivity contribution in [2.75, 3.05) is 19.6 Å². The lowest BCUT2D eigenvalue weighted by Gasteiger charge is -2.33. The van der Waals surface area contributed by atoms with Gasteiger partial charge in [0.05, 0.1) is 5.69 Å². The number of H-pyrrole nitrogens is 1. The van der Waals surface area contributed by atoms with Crippen LogP contribution in [0, 0.1) is 0 Å². The van der Waals surface area contributed by atoms with Crippen molar-refractivity contribution < 1.29 is 4.79 Å². The molecule has 110 valence electrons. The van der Waals surface area contributed by atoms with Crippen molar-refractivity contribution in [1.82, 2.24) is 20.4 Å². The lowest BCUT2D eigenvalue weighted by atomic mass is 10.1. The van der Waals surface area contributed by atoms with Crippen molar-refractivity contribution in [1.29, 1.82) is 0 Å². The van der Waals surface area contributed by atoms with Crippen LogP contribution in [0.5, 0.6) is 0 Å². The van der Waals surface area contributed by atoms with Crippen LogP contribution in [0.2, 0.25) is 5.02 Å². The van der Waals surface area contributed by atoms with E-state index in [-0.39, 0.29) is 11.9 Å². The van der Waals surface area contributed by atoms with Gasteiger partial charge in [0.25, 0.3) is 5.91 Å². The molecule has 1 fully saturated rings. The van der Waals surface area contributed by atoms with Crippen molar-refractivity contribution in [3.05, 3.63) is 41.0 Å². The number of nitrogens with one attached hydrogen (secondary N) is 2. The molecule has 1 saturated heterocycles. The number of rotatable bonds is 2. The SMILES string of the molecule is C[C@H]1CNCCN1C(=O)c1cc(-c2ccc(Cl)cc2)n[nH]1. The fourth-order valence-electron chi connectivity index (χ4n) is 2.50. The number of aromatic nitrogens is 2. The van der Waals surface area contributed by atoms with E-state index in [1.807, 2.05) is 36.1 Å². The number of carbonyl (C=O) groups is 1. The molecule has 2 N–H and O–H groups in total. The minimum Gasteiger partial charge on any atom is -0.332 e. The highest BCUT2D eigenvalue weighted by Gasteiger charge is 2.25. The zero-order valence-electron chi connectivity index (χ0n) is 11.8. The third-order valence-electron chi connectivity index (χ3n) is 3.71. The Bertz CT molecular complexity index is 637. The smallest absolute Gasteiger partial charge is 0.272 e. The Balaban J connectivity index is 1.81. The number of amides is 1. The second kappa shape index (κ2) is 5.87. The number of piperazine rings is 1. The van der Waals surface area contributed by atoms with Crippen LogP contribution in [-0.4, -0.2) is 46.7 Å². The molecule has 0 radical (unpaired) electrons. The maximum atomic E-state index is 12.5. The molecule has 1 aromatic carbocycles. The molecule has 0 bridgehead atoms. The van der Waals surface area contributed by atoms with Crippen molar-refractivity contribution in [2.45, 2.75) is 13.0 Å². The zero-order chi connectivity index (χ0) is 14.8. The highest BCUT2D eigenvalue weighted by Crippen LogP contribution is 2.21. The van der Waals surface area contributed by atoms with Crippen LogP contribution in [0.25, 0.3) is 11.3 Å². The van der Waals surface area contributed by atoms with Crippen molar-refractivity contribution >= 4 is 17.5 Å². The molecule has 0 unspecified atom stereocenters. The molecule has 0 spiro atoms. The highest BCUT2D eigenvalue weighted by atomic mass is 35.5. The third kappa shape index (κ3) is 2.94. The van der Waals surface area contributed by atoms with Crippen LogP contribution in [0.1, 0.15) is 17.4 Å². The van der Waals surface area contributed by atoms with E-state index in [1.54, 1.807) is 6.07 Å². The normalized spacial score (nSPS) is 18.8. The topological polar surface area (TPSA) is 61.0 Å². The Morgan fingerprint density at radius 2 is 2.14 bits per heavy atom. The fraction of sp³-hybridized carbons (Fsp3) is 0.333. The maximum absolute atomic E-state index is 12.5. The maximum Gasteiger partial charge on any atom is 0.272 e. The lowest BCUT2D eigenvalue weighted by Crippen LogP contribution is -2.52. The van der Waals surface area contributed by atoms with Crippen LogP contribution in [0.15, 0.2) is 30.3 Å². The van der Waals surface area contributed by atoms with Gasteiger partial charge in [0.15, 0.2) is 0 Å². The Kier molecular flexibility index (Phi) is 3.94. The number of hydrogen-bond acceptors (Lipinski definition) is 3. The monoisotopic (exact) mass is 304 g/mol. The van der Waals surface area contributed by atoms with Crippen LogP contribution >= 0.6 is 11.6 Å². The first-order chi connectivity index (χ1) is 10.1. The number of nitrogens with zero attached hydrogens (tertiary/aromatic N) is 2. The van der Waals surface area contributed by atoms with Gasteiger partial charge in [-0.25, -0.2) is 0 Å². The molecule has 1 aliphatic rings. The average Bonchev–Trinajstić information content (AvgIpc) is 2.98. The average molecular weight is 305 g/mol. The van der Waals surface area contributed by atoms with Gasteiger partial charge < -0.3 is 10.2 Å². The first kappa shape index (κ1) is 14.1. The molecule has 3 rings (SSSR count). The predicted octanol–water partition coefficient (Wildman–Crippen LogP) is 2.16. The first-order valence-electron chi connectivity index (χ1n) is 6.98. The molecular formula is C15H17ClN4O. The summed E-state index contributed by atoms with van der Waals surface area (Å²) in [6, 6.07) is 9.38. The van der Waals surface area contributed by atoms with Gasteiger partial charge in [-0.1, -0.05) is 23.7 Å². The van der Waals surface area contributed by atoms with Gasteiger partial charge in [-0.2, -0.15) is 5.10 Å². The van der Waals surface area contributed by atoms with Gasteiger partial charge in [0, 0.05) is 36.3 Å². The first-order valence-corrected chi connectivity index (χ1v) is 7.36. The molecule has 1 atom stereocenters. The molecule has 1 aliphatic heterocycles. The van der Waals surface area contributed by atoms with Gasteiger partial charge in [0.1, 0.15) is 5.69 Å². The molecule has 6 heteroatoms. The molecule has 2 aromatic rings. The molecule has 5 nitrogen and oxygen atoms in total. The van der Waals surface area contributed by atoms with Crippen molar-refractivity contribution in [3.63, 3.8) is 0 Å². The van der Waals surface area contributed by atoms with Gasteiger partial charge in [-0.05, 0) is 25.1 Å². The quantitative estimate of drug-likeness (QED) is 0.894. The summed E-state index contributed by atoms with van der Waals surface area (Å²) in [6.45, 7) is 4.41. The van der Waals surface area contributed by atoms with Crippen LogP contribution in [0.3, 0.4) is 0 Å². The number of halogens is 1. The van der Waals surface area contributed by atoms with E-state index >= 15 is 0 Å². The van der Waals surface area contributed by atoms with E-state index in [9.17, 15) is 4.79 Å². The Hall–Kier alpha value is -1.85. The fourth-order valence-corrected chi connectivity index (χ4v) is 2.62. The molecule has 2 heterocycles. The van der Waals surface area contributed by atoms with Crippen LogP contribution < -0.4 is 5.32 Å². The third-order valence-corrected chi connectivity index (χ3v) is 3.96. The van der Waals surface area contributed by atoms with E-state index in [4.69, 9.17) is 11.6 Å². The number of hydrogen-bond donors (Lipinski definition) is 2. The molecule has 1 amide bonds. The molecular weight excluding hydrogens is 288 g/mol. The van der Waals surface area contributed by atoms with Gasteiger partial charge in [0.2, 0.25) is 0 Å². The number of aromatic amines is 1. The predicted molar refractivity (Wildman–Crippen MR) is 82.4 cm³/mol. The van der Waals surface area contributed by atoms with Crippen molar-refractivity contribution in [2.24, 2.45) is 0 Å². The lowest BCUT2D eigenvalue weighted by molar-refractivity contribution is 0.0649.